The van der Waals surface area contributed by atoms with Crippen LogP contribution in [0.25, 0.3) is 0 Å². The summed E-state index contributed by atoms with van der Waals surface area (Å²) >= 11 is 3.34. The molecule has 0 aromatic heterocycles. The molecule has 1 saturated heterocycles. The Morgan fingerprint density at radius 3 is 2.65 bits per heavy atom. The molecule has 0 atom stereocenters. The van der Waals surface area contributed by atoms with E-state index >= 15 is 0 Å². The van der Waals surface area contributed by atoms with Gasteiger partial charge < -0.3 is 4.90 Å². The van der Waals surface area contributed by atoms with E-state index in [1.54, 1.807) is 17.0 Å². The van der Waals surface area contributed by atoms with Gasteiger partial charge in [-0.1, -0.05) is 22.0 Å². The van der Waals surface area contributed by atoms with E-state index in [1.807, 2.05) is 26.0 Å². The highest BCUT2D eigenvalue weighted by atomic mass is 79.9. The summed E-state index contributed by atoms with van der Waals surface area (Å²) in [5, 5.41) is 0. The molecule has 0 spiro atoms. The Kier molecular flexibility index (Phi) is 3.08. The summed E-state index contributed by atoms with van der Waals surface area (Å²) in [6.07, 6.45) is 0.437. The average Bonchev–Trinajstić information content (AvgIpc) is 2.51. The van der Waals surface area contributed by atoms with E-state index in [2.05, 4.69) is 15.9 Å². The lowest BCUT2D eigenvalue weighted by atomic mass is 10.0. The second-order valence-electron chi connectivity index (χ2n) is 4.93. The maximum atomic E-state index is 12.3. The monoisotopic (exact) mass is 295 g/mol. The molecule has 0 bridgehead atoms. The van der Waals surface area contributed by atoms with E-state index in [9.17, 15) is 9.59 Å². The predicted molar refractivity (Wildman–Crippen MR) is 68.9 cm³/mol. The highest BCUT2D eigenvalue weighted by Gasteiger charge is 2.40. The molecule has 1 aliphatic heterocycles. The van der Waals surface area contributed by atoms with E-state index < -0.39 is 0 Å². The molecule has 0 aliphatic carbocycles. The van der Waals surface area contributed by atoms with E-state index in [0.29, 0.717) is 12.0 Å². The van der Waals surface area contributed by atoms with Crippen LogP contribution in [0, 0.1) is 0 Å². The fourth-order valence-electron chi connectivity index (χ4n) is 2.15. The number of hydrogen-bond donors (Lipinski definition) is 0. The molecule has 3 nitrogen and oxygen atoms in total. The minimum absolute atomic E-state index is 0.0813. The summed E-state index contributed by atoms with van der Waals surface area (Å²) in [5.74, 6) is 0.0421. The van der Waals surface area contributed by atoms with Gasteiger partial charge >= 0.3 is 0 Å². The number of Topliss-reactive ketones (excluding diaryl/α,β-unsaturated/α-hetero) is 1. The van der Waals surface area contributed by atoms with Gasteiger partial charge in [0.25, 0.3) is 5.91 Å². The highest BCUT2D eigenvalue weighted by molar-refractivity contribution is 9.10. The van der Waals surface area contributed by atoms with Crippen LogP contribution in [-0.4, -0.2) is 28.7 Å². The van der Waals surface area contributed by atoms with Crippen molar-refractivity contribution in [2.75, 3.05) is 6.54 Å². The lowest BCUT2D eigenvalue weighted by Gasteiger charge is -2.30. The fraction of sp³-hybridized carbons (Fsp3) is 0.385. The second kappa shape index (κ2) is 4.26. The predicted octanol–water partition coefficient (Wildman–Crippen LogP) is 2.64. The molecule has 0 N–H and O–H groups in total. The first kappa shape index (κ1) is 12.3. The Labute approximate surface area is 109 Å². The first-order valence-corrected chi connectivity index (χ1v) is 6.29. The normalized spacial score (nSPS) is 18.5. The van der Waals surface area contributed by atoms with Crippen LogP contribution in [0.15, 0.2) is 28.7 Å². The van der Waals surface area contributed by atoms with Crippen LogP contribution >= 0.6 is 15.9 Å². The van der Waals surface area contributed by atoms with Gasteiger partial charge in [0.05, 0.1) is 6.54 Å². The molecule has 1 fully saturated rings. The Morgan fingerprint density at radius 1 is 1.41 bits per heavy atom. The number of ketones is 1. The number of rotatable bonds is 1. The molecule has 0 unspecified atom stereocenters. The van der Waals surface area contributed by atoms with Crippen molar-refractivity contribution in [2.45, 2.75) is 25.8 Å². The van der Waals surface area contributed by atoms with Gasteiger partial charge in [0.2, 0.25) is 0 Å². The number of halogens is 1. The lowest BCUT2D eigenvalue weighted by Crippen LogP contribution is -2.42. The number of amides is 1. The van der Waals surface area contributed by atoms with Crippen molar-refractivity contribution in [3.63, 3.8) is 0 Å². The zero-order valence-corrected chi connectivity index (χ0v) is 11.5. The third kappa shape index (κ3) is 2.41. The summed E-state index contributed by atoms with van der Waals surface area (Å²) in [5.41, 5.74) is 0.235. The maximum Gasteiger partial charge on any atom is 0.254 e. The van der Waals surface area contributed by atoms with E-state index in [4.69, 9.17) is 0 Å². The van der Waals surface area contributed by atoms with Gasteiger partial charge in [-0.05, 0) is 32.0 Å². The molecule has 2 rings (SSSR count). The molecule has 1 amide bonds. The van der Waals surface area contributed by atoms with Gasteiger partial charge in [-0.2, -0.15) is 0 Å². The van der Waals surface area contributed by atoms with Crippen LogP contribution in [0.2, 0.25) is 0 Å². The van der Waals surface area contributed by atoms with Crippen molar-refractivity contribution >= 4 is 27.6 Å². The smallest absolute Gasteiger partial charge is 0.254 e. The van der Waals surface area contributed by atoms with Crippen molar-refractivity contribution in [1.29, 1.82) is 0 Å². The van der Waals surface area contributed by atoms with Crippen LogP contribution in [0.3, 0.4) is 0 Å². The number of carbonyl (C=O) groups excluding carboxylic acids is 2. The van der Waals surface area contributed by atoms with Crippen LogP contribution in [0.5, 0.6) is 0 Å². The van der Waals surface area contributed by atoms with Gasteiger partial charge in [0.15, 0.2) is 5.78 Å². The van der Waals surface area contributed by atoms with Gasteiger partial charge in [0.1, 0.15) is 0 Å². The lowest BCUT2D eigenvalue weighted by molar-refractivity contribution is -0.116. The topological polar surface area (TPSA) is 37.4 Å². The van der Waals surface area contributed by atoms with E-state index in [1.165, 1.54) is 0 Å². The molecule has 1 aromatic carbocycles. The van der Waals surface area contributed by atoms with Gasteiger partial charge in [-0.3, -0.25) is 9.59 Å². The third-order valence-electron chi connectivity index (χ3n) is 3.01. The number of benzene rings is 1. The summed E-state index contributed by atoms with van der Waals surface area (Å²) < 4.78 is 0.867. The quantitative estimate of drug-likeness (QED) is 0.799. The highest BCUT2D eigenvalue weighted by Crippen LogP contribution is 2.28. The maximum absolute atomic E-state index is 12.3. The SMILES string of the molecule is CC1(C)CC(=O)CN1C(=O)c1cccc(Br)c1. The minimum atomic E-state index is -0.378. The third-order valence-corrected chi connectivity index (χ3v) is 3.50. The molecule has 1 aromatic rings. The molecule has 1 aliphatic rings. The first-order valence-electron chi connectivity index (χ1n) is 5.49. The molecular weight excluding hydrogens is 282 g/mol. The second-order valence-corrected chi connectivity index (χ2v) is 5.85. The van der Waals surface area contributed by atoms with Crippen LogP contribution in [0.4, 0.5) is 0 Å². The van der Waals surface area contributed by atoms with Crippen molar-refractivity contribution in [3.05, 3.63) is 34.3 Å². The van der Waals surface area contributed by atoms with Gasteiger partial charge in [-0.25, -0.2) is 0 Å². The Balaban J connectivity index is 2.29. The molecule has 90 valence electrons. The summed E-state index contributed by atoms with van der Waals surface area (Å²) in [6.45, 7) is 4.07. The molecule has 0 radical (unpaired) electrons. The Morgan fingerprint density at radius 2 is 2.12 bits per heavy atom. The van der Waals surface area contributed by atoms with Crippen molar-refractivity contribution in [3.8, 4) is 0 Å². The first-order chi connectivity index (χ1) is 7.90. The van der Waals surface area contributed by atoms with Crippen LogP contribution < -0.4 is 0 Å². The minimum Gasteiger partial charge on any atom is -0.326 e. The van der Waals surface area contributed by atoms with Gasteiger partial charge in [-0.15, -0.1) is 0 Å². The van der Waals surface area contributed by atoms with Gasteiger partial charge in [0, 0.05) is 22.0 Å². The molecule has 17 heavy (non-hydrogen) atoms. The molecule has 0 saturated carbocycles. The number of carbonyl (C=O) groups is 2. The number of hydrogen-bond acceptors (Lipinski definition) is 2. The average molecular weight is 296 g/mol. The van der Waals surface area contributed by atoms with Crippen molar-refractivity contribution in [2.24, 2.45) is 0 Å². The van der Waals surface area contributed by atoms with Crippen LogP contribution in [-0.2, 0) is 4.79 Å². The molecule has 4 heteroatoms. The summed E-state index contributed by atoms with van der Waals surface area (Å²) in [7, 11) is 0. The van der Waals surface area contributed by atoms with E-state index in [-0.39, 0.29) is 23.8 Å². The standard InChI is InChI=1S/C13H14BrNO2/c1-13(2)7-11(16)8-15(13)12(17)9-4-3-5-10(14)6-9/h3-6H,7-8H2,1-2H3. The summed E-state index contributed by atoms with van der Waals surface area (Å²) in [6, 6.07) is 7.24. The Hall–Kier alpha value is -1.16. The van der Waals surface area contributed by atoms with Crippen LogP contribution in [0.1, 0.15) is 30.6 Å². The largest absolute Gasteiger partial charge is 0.326 e. The Bertz CT molecular complexity index is 482. The number of nitrogens with zero attached hydrogens (tertiary/aromatic N) is 1. The van der Waals surface area contributed by atoms with Crippen molar-refractivity contribution in [1.82, 2.24) is 4.90 Å². The molecular formula is C13H14BrNO2. The van der Waals surface area contributed by atoms with E-state index in [0.717, 1.165) is 4.47 Å². The zero-order valence-electron chi connectivity index (χ0n) is 9.87. The molecule has 1 heterocycles. The zero-order chi connectivity index (χ0) is 12.6. The fourth-order valence-corrected chi connectivity index (χ4v) is 2.55. The number of likely N-dealkylation sites (tertiary alicyclic amines) is 1. The summed E-state index contributed by atoms with van der Waals surface area (Å²) in [4.78, 5) is 25.4. The van der Waals surface area contributed by atoms with Crippen molar-refractivity contribution < 1.29 is 9.59 Å².